The van der Waals surface area contributed by atoms with Crippen molar-refractivity contribution in [2.75, 3.05) is 5.32 Å². The Labute approximate surface area is 139 Å². The van der Waals surface area contributed by atoms with E-state index in [1.807, 2.05) is 0 Å². The Morgan fingerprint density at radius 3 is 2.17 bits per heavy atom. The molecule has 1 amide bonds. The quantitative estimate of drug-likeness (QED) is 0.749. The van der Waals surface area contributed by atoms with Crippen LogP contribution in [0.15, 0.2) is 12.1 Å². The number of aromatic carboxylic acids is 1. The third-order valence-electron chi connectivity index (χ3n) is 4.07. The number of aromatic nitrogens is 1. The number of rotatable bonds is 4. The van der Waals surface area contributed by atoms with Crippen LogP contribution in [-0.2, 0) is 0 Å². The Bertz CT molecular complexity index is 862. The number of benzene rings is 1. The number of anilines is 1. The number of carboxylic acid groups (broad SMARTS) is 1. The van der Waals surface area contributed by atoms with E-state index in [9.17, 15) is 19.5 Å². The van der Waals surface area contributed by atoms with Gasteiger partial charge in [-0.1, -0.05) is 6.07 Å². The predicted octanol–water partition coefficient (Wildman–Crippen LogP) is 3.40. The zero-order chi connectivity index (χ0) is 18.2. The third kappa shape index (κ3) is 3.08. The number of carboxylic acids is 1. The Kier molecular flexibility index (Phi) is 4.59. The van der Waals surface area contributed by atoms with Crippen LogP contribution in [-0.4, -0.2) is 27.8 Å². The number of H-pyrrole nitrogens is 1. The Morgan fingerprint density at radius 2 is 1.67 bits per heavy atom. The zero-order valence-corrected chi connectivity index (χ0v) is 14.3. The van der Waals surface area contributed by atoms with Gasteiger partial charge < -0.3 is 15.4 Å². The number of hydrogen-bond donors (Lipinski definition) is 3. The Balaban J connectivity index is 2.41. The van der Waals surface area contributed by atoms with E-state index in [0.29, 0.717) is 33.8 Å². The van der Waals surface area contributed by atoms with Crippen LogP contribution in [0.2, 0.25) is 0 Å². The van der Waals surface area contributed by atoms with E-state index in [0.717, 1.165) is 5.56 Å². The lowest BCUT2D eigenvalue weighted by Crippen LogP contribution is -2.15. The molecule has 0 saturated carbocycles. The van der Waals surface area contributed by atoms with Crippen molar-refractivity contribution in [3.8, 4) is 0 Å². The van der Waals surface area contributed by atoms with Crippen molar-refractivity contribution >= 4 is 23.3 Å². The van der Waals surface area contributed by atoms with E-state index in [-0.39, 0.29) is 11.3 Å². The lowest BCUT2D eigenvalue weighted by Gasteiger charge is -2.11. The minimum atomic E-state index is -1.05. The van der Waals surface area contributed by atoms with Crippen LogP contribution in [0.4, 0.5) is 5.69 Å². The molecule has 2 aromatic rings. The summed E-state index contributed by atoms with van der Waals surface area (Å²) < 4.78 is 0. The first-order chi connectivity index (χ1) is 11.1. The highest BCUT2D eigenvalue weighted by Gasteiger charge is 2.21. The second kappa shape index (κ2) is 6.31. The fourth-order valence-corrected chi connectivity index (χ4v) is 2.91. The highest BCUT2D eigenvalue weighted by Crippen LogP contribution is 2.23. The van der Waals surface area contributed by atoms with Crippen molar-refractivity contribution in [1.82, 2.24) is 4.98 Å². The predicted molar refractivity (Wildman–Crippen MR) is 91.1 cm³/mol. The van der Waals surface area contributed by atoms with Crippen LogP contribution in [0.25, 0.3) is 0 Å². The normalized spacial score (nSPS) is 10.5. The van der Waals surface area contributed by atoms with Crippen molar-refractivity contribution in [2.45, 2.75) is 34.6 Å². The molecular weight excluding hydrogens is 308 g/mol. The first kappa shape index (κ1) is 17.5. The molecule has 0 spiro atoms. The number of hydrogen-bond acceptors (Lipinski definition) is 3. The van der Waals surface area contributed by atoms with Crippen LogP contribution in [0, 0.1) is 27.7 Å². The second-order valence-corrected chi connectivity index (χ2v) is 5.92. The Hall–Kier alpha value is -2.89. The first-order valence-electron chi connectivity index (χ1n) is 7.49. The van der Waals surface area contributed by atoms with Gasteiger partial charge in [-0.2, -0.15) is 0 Å². The van der Waals surface area contributed by atoms with Gasteiger partial charge in [-0.3, -0.25) is 9.59 Å². The van der Waals surface area contributed by atoms with E-state index < -0.39 is 11.9 Å². The topological polar surface area (TPSA) is 99.3 Å². The number of nitrogens with one attached hydrogen (secondary N) is 2. The number of carbonyl (C=O) groups excluding carboxylic acids is 2. The Morgan fingerprint density at radius 1 is 1.04 bits per heavy atom. The fraction of sp³-hybridized carbons (Fsp3) is 0.278. The van der Waals surface area contributed by atoms with Gasteiger partial charge in [0.25, 0.3) is 5.91 Å². The first-order valence-corrected chi connectivity index (χ1v) is 7.49. The molecule has 0 unspecified atom stereocenters. The minimum Gasteiger partial charge on any atom is -0.478 e. The SMILES string of the molecule is CC(=O)c1c(C)[nH]c(C(=O)Nc2cc(C(=O)O)c(C)cc2C)c1C. The number of aryl methyl sites for hydroxylation is 3. The summed E-state index contributed by atoms with van der Waals surface area (Å²) in [4.78, 5) is 38.4. The molecule has 6 nitrogen and oxygen atoms in total. The van der Waals surface area contributed by atoms with Crippen molar-refractivity contribution < 1.29 is 19.5 Å². The lowest BCUT2D eigenvalue weighted by atomic mass is 10.0. The van der Waals surface area contributed by atoms with Crippen molar-refractivity contribution in [1.29, 1.82) is 0 Å². The van der Waals surface area contributed by atoms with E-state index in [1.165, 1.54) is 13.0 Å². The van der Waals surface area contributed by atoms with E-state index in [1.54, 1.807) is 33.8 Å². The summed E-state index contributed by atoms with van der Waals surface area (Å²) >= 11 is 0. The summed E-state index contributed by atoms with van der Waals surface area (Å²) in [6.07, 6.45) is 0. The average molecular weight is 328 g/mol. The van der Waals surface area contributed by atoms with Crippen LogP contribution in [0.1, 0.15) is 60.5 Å². The number of amides is 1. The highest BCUT2D eigenvalue weighted by atomic mass is 16.4. The number of carbonyl (C=O) groups is 3. The van der Waals surface area contributed by atoms with Gasteiger partial charge in [0.05, 0.1) is 5.56 Å². The molecule has 0 radical (unpaired) electrons. The van der Waals surface area contributed by atoms with Gasteiger partial charge in [0.1, 0.15) is 5.69 Å². The van der Waals surface area contributed by atoms with Crippen molar-refractivity contribution in [3.63, 3.8) is 0 Å². The van der Waals surface area contributed by atoms with E-state index in [2.05, 4.69) is 10.3 Å². The highest BCUT2D eigenvalue weighted by molar-refractivity contribution is 6.08. The maximum Gasteiger partial charge on any atom is 0.336 e. The number of ketones is 1. The van der Waals surface area contributed by atoms with Gasteiger partial charge in [-0.05, 0) is 57.4 Å². The van der Waals surface area contributed by atoms with Gasteiger partial charge in [0.2, 0.25) is 0 Å². The van der Waals surface area contributed by atoms with Crippen molar-refractivity contribution in [3.05, 3.63) is 51.3 Å². The standard InChI is InChI=1S/C18H20N2O4/c1-8-6-9(2)14(7-13(8)18(23)24)20-17(22)16-10(3)15(12(5)21)11(4)19-16/h6-7,19H,1-5H3,(H,20,22)(H,23,24). The molecule has 0 fully saturated rings. The maximum atomic E-state index is 12.5. The molecule has 126 valence electrons. The molecule has 2 rings (SSSR count). The molecule has 0 aliphatic carbocycles. The molecule has 0 saturated heterocycles. The summed E-state index contributed by atoms with van der Waals surface area (Å²) in [7, 11) is 0. The molecule has 1 aromatic heterocycles. The molecular formula is C18H20N2O4. The lowest BCUT2D eigenvalue weighted by molar-refractivity contribution is 0.0695. The molecule has 0 atom stereocenters. The molecule has 0 bridgehead atoms. The average Bonchev–Trinajstić information content (AvgIpc) is 2.76. The summed E-state index contributed by atoms with van der Waals surface area (Å²) in [5, 5.41) is 11.9. The number of Topliss-reactive ketones (excluding diaryl/α,β-unsaturated/α-hetero) is 1. The van der Waals surface area contributed by atoms with Crippen molar-refractivity contribution in [2.24, 2.45) is 0 Å². The molecule has 1 aromatic carbocycles. The third-order valence-corrected chi connectivity index (χ3v) is 4.07. The van der Waals surface area contributed by atoms with Gasteiger partial charge in [-0.15, -0.1) is 0 Å². The summed E-state index contributed by atoms with van der Waals surface area (Å²) in [5.41, 5.74) is 3.99. The van der Waals surface area contributed by atoms with Crippen LogP contribution in [0.3, 0.4) is 0 Å². The maximum absolute atomic E-state index is 12.5. The van der Waals surface area contributed by atoms with Gasteiger partial charge in [-0.25, -0.2) is 4.79 Å². The summed E-state index contributed by atoms with van der Waals surface area (Å²) in [6.45, 7) is 8.40. The zero-order valence-electron chi connectivity index (χ0n) is 14.3. The van der Waals surface area contributed by atoms with Crippen LogP contribution >= 0.6 is 0 Å². The molecule has 0 aliphatic rings. The second-order valence-electron chi connectivity index (χ2n) is 5.92. The molecule has 6 heteroatoms. The number of aromatic amines is 1. The molecule has 24 heavy (non-hydrogen) atoms. The van der Waals surface area contributed by atoms with Gasteiger partial charge in [0.15, 0.2) is 5.78 Å². The summed E-state index contributed by atoms with van der Waals surface area (Å²) in [5.74, 6) is -1.57. The van der Waals surface area contributed by atoms with Crippen LogP contribution in [0.5, 0.6) is 0 Å². The summed E-state index contributed by atoms with van der Waals surface area (Å²) in [6, 6.07) is 3.16. The van der Waals surface area contributed by atoms with E-state index >= 15 is 0 Å². The smallest absolute Gasteiger partial charge is 0.336 e. The fourth-order valence-electron chi connectivity index (χ4n) is 2.91. The molecule has 3 N–H and O–H groups in total. The monoisotopic (exact) mass is 328 g/mol. The van der Waals surface area contributed by atoms with Gasteiger partial charge >= 0.3 is 5.97 Å². The largest absolute Gasteiger partial charge is 0.478 e. The molecule has 0 aliphatic heterocycles. The van der Waals surface area contributed by atoms with E-state index in [4.69, 9.17) is 0 Å². The molecule has 1 heterocycles. The minimum absolute atomic E-state index is 0.111. The van der Waals surface area contributed by atoms with Gasteiger partial charge in [0, 0.05) is 16.9 Å². The van der Waals surface area contributed by atoms with Crippen LogP contribution < -0.4 is 5.32 Å².